The van der Waals surface area contributed by atoms with Crippen LogP contribution in [0.4, 0.5) is 5.82 Å². The predicted octanol–water partition coefficient (Wildman–Crippen LogP) is 3.00. The molecule has 0 unspecified atom stereocenters. The van der Waals surface area contributed by atoms with Gasteiger partial charge in [0, 0.05) is 11.8 Å². The molecule has 2 aromatic rings. The Morgan fingerprint density at radius 3 is 2.86 bits per heavy atom. The largest absolute Gasteiger partial charge is 0.494 e. The van der Waals surface area contributed by atoms with Crippen molar-refractivity contribution < 1.29 is 9.53 Å². The lowest BCUT2D eigenvalue weighted by Gasteiger charge is -2.10. The zero-order valence-corrected chi connectivity index (χ0v) is 13.0. The summed E-state index contributed by atoms with van der Waals surface area (Å²) >= 11 is 5.10. The normalized spacial score (nSPS) is 9.86. The first-order valence-corrected chi connectivity index (χ1v) is 7.36. The molecular formula is C16H17N3O2S. The Kier molecular flexibility index (Phi) is 5.85. The zero-order valence-electron chi connectivity index (χ0n) is 12.2. The van der Waals surface area contributed by atoms with Gasteiger partial charge in [-0.05, 0) is 49.0 Å². The van der Waals surface area contributed by atoms with Crippen LogP contribution >= 0.6 is 12.2 Å². The number of hydrogen-bond acceptors (Lipinski definition) is 4. The third-order valence-electron chi connectivity index (χ3n) is 2.70. The first kappa shape index (κ1) is 15.9. The molecule has 0 aliphatic carbocycles. The minimum atomic E-state index is -0.296. The standard InChI is InChI=1S/C16H17N3O2S/c1-2-10-21-13-7-5-6-12(11-13)15(20)19-16(22)18-14-8-3-4-9-17-14/h3-9,11H,2,10H2,1H3,(H2,17,18,19,20,22). The summed E-state index contributed by atoms with van der Waals surface area (Å²) < 4.78 is 5.51. The highest BCUT2D eigenvalue weighted by atomic mass is 32.1. The molecule has 0 saturated heterocycles. The van der Waals surface area contributed by atoms with Gasteiger partial charge in [-0.25, -0.2) is 4.98 Å². The van der Waals surface area contributed by atoms with Crippen LogP contribution in [-0.2, 0) is 0 Å². The molecule has 1 amide bonds. The number of hydrogen-bond donors (Lipinski definition) is 2. The van der Waals surface area contributed by atoms with Crippen LogP contribution in [0.2, 0.25) is 0 Å². The van der Waals surface area contributed by atoms with Crippen molar-refractivity contribution in [3.8, 4) is 5.75 Å². The van der Waals surface area contributed by atoms with Crippen molar-refractivity contribution in [2.24, 2.45) is 0 Å². The van der Waals surface area contributed by atoms with E-state index in [0.717, 1.165) is 6.42 Å². The van der Waals surface area contributed by atoms with Crippen LogP contribution in [0.15, 0.2) is 48.7 Å². The monoisotopic (exact) mass is 315 g/mol. The Morgan fingerprint density at radius 1 is 1.27 bits per heavy atom. The van der Waals surface area contributed by atoms with E-state index in [1.165, 1.54) is 0 Å². The molecule has 0 spiro atoms. The van der Waals surface area contributed by atoms with Crippen molar-refractivity contribution in [3.05, 3.63) is 54.2 Å². The summed E-state index contributed by atoms with van der Waals surface area (Å²) in [5.74, 6) is 0.946. The summed E-state index contributed by atoms with van der Waals surface area (Å²) in [6.07, 6.45) is 2.55. The second kappa shape index (κ2) is 8.09. The molecule has 0 aliphatic heterocycles. The number of thiocarbonyl (C=S) groups is 1. The van der Waals surface area contributed by atoms with Gasteiger partial charge in [-0.3, -0.25) is 10.1 Å². The summed E-state index contributed by atoms with van der Waals surface area (Å²) in [6.45, 7) is 2.64. The molecule has 22 heavy (non-hydrogen) atoms. The molecule has 114 valence electrons. The van der Waals surface area contributed by atoms with E-state index < -0.39 is 0 Å². The van der Waals surface area contributed by atoms with Crippen LogP contribution in [0.25, 0.3) is 0 Å². The van der Waals surface area contributed by atoms with Crippen molar-refractivity contribution in [2.45, 2.75) is 13.3 Å². The molecule has 5 nitrogen and oxygen atoms in total. The van der Waals surface area contributed by atoms with E-state index in [4.69, 9.17) is 17.0 Å². The highest BCUT2D eigenvalue weighted by Crippen LogP contribution is 2.13. The van der Waals surface area contributed by atoms with E-state index in [0.29, 0.717) is 23.7 Å². The van der Waals surface area contributed by atoms with Crippen molar-refractivity contribution in [2.75, 3.05) is 11.9 Å². The van der Waals surface area contributed by atoms with E-state index in [9.17, 15) is 4.79 Å². The molecule has 2 N–H and O–H groups in total. The Balaban J connectivity index is 1.95. The van der Waals surface area contributed by atoms with E-state index in [1.807, 2.05) is 19.1 Å². The van der Waals surface area contributed by atoms with Gasteiger partial charge in [0.25, 0.3) is 5.91 Å². The first-order valence-electron chi connectivity index (χ1n) is 6.95. The summed E-state index contributed by atoms with van der Waals surface area (Å²) in [4.78, 5) is 16.2. The van der Waals surface area contributed by atoms with E-state index in [1.54, 1.807) is 36.5 Å². The van der Waals surface area contributed by atoms with Gasteiger partial charge in [0.05, 0.1) is 6.61 Å². The lowest BCUT2D eigenvalue weighted by molar-refractivity contribution is 0.0977. The maximum atomic E-state index is 12.2. The molecular weight excluding hydrogens is 298 g/mol. The van der Waals surface area contributed by atoms with Gasteiger partial charge in [0.2, 0.25) is 0 Å². The number of carbonyl (C=O) groups is 1. The number of carbonyl (C=O) groups excluding carboxylic acids is 1. The van der Waals surface area contributed by atoms with Crippen molar-refractivity contribution in [1.29, 1.82) is 0 Å². The number of benzene rings is 1. The molecule has 2 rings (SSSR count). The average molecular weight is 315 g/mol. The van der Waals surface area contributed by atoms with Gasteiger partial charge in [0.15, 0.2) is 5.11 Å². The van der Waals surface area contributed by atoms with Gasteiger partial charge in [-0.15, -0.1) is 0 Å². The predicted molar refractivity (Wildman–Crippen MR) is 90.2 cm³/mol. The second-order valence-corrected chi connectivity index (χ2v) is 4.91. The fourth-order valence-electron chi connectivity index (χ4n) is 1.71. The summed E-state index contributed by atoms with van der Waals surface area (Å²) in [5.41, 5.74) is 0.485. The number of amides is 1. The molecule has 1 aromatic carbocycles. The van der Waals surface area contributed by atoms with Gasteiger partial charge < -0.3 is 10.1 Å². The number of pyridine rings is 1. The maximum absolute atomic E-state index is 12.2. The number of rotatable bonds is 5. The fraction of sp³-hybridized carbons (Fsp3) is 0.188. The summed E-state index contributed by atoms with van der Waals surface area (Å²) in [6, 6.07) is 12.4. The van der Waals surface area contributed by atoms with Crippen LogP contribution in [0.1, 0.15) is 23.7 Å². The minimum Gasteiger partial charge on any atom is -0.494 e. The minimum absolute atomic E-state index is 0.198. The topological polar surface area (TPSA) is 63.2 Å². The number of ether oxygens (including phenoxy) is 1. The molecule has 0 aliphatic rings. The van der Waals surface area contributed by atoms with Crippen LogP contribution in [0.3, 0.4) is 0 Å². The van der Waals surface area contributed by atoms with Crippen LogP contribution in [0.5, 0.6) is 5.75 Å². The fourth-order valence-corrected chi connectivity index (χ4v) is 1.90. The first-order chi connectivity index (χ1) is 10.7. The number of nitrogens with one attached hydrogen (secondary N) is 2. The van der Waals surface area contributed by atoms with Crippen molar-refractivity contribution >= 4 is 29.1 Å². The van der Waals surface area contributed by atoms with Gasteiger partial charge in [-0.2, -0.15) is 0 Å². The molecule has 6 heteroatoms. The molecule has 0 radical (unpaired) electrons. The van der Waals surface area contributed by atoms with Crippen molar-refractivity contribution in [3.63, 3.8) is 0 Å². The maximum Gasteiger partial charge on any atom is 0.257 e. The quantitative estimate of drug-likeness (QED) is 0.831. The third kappa shape index (κ3) is 4.82. The number of aromatic nitrogens is 1. The van der Waals surface area contributed by atoms with Crippen LogP contribution in [0, 0.1) is 0 Å². The molecule has 0 fully saturated rings. The van der Waals surface area contributed by atoms with Gasteiger partial charge in [0.1, 0.15) is 11.6 Å². The van der Waals surface area contributed by atoms with Gasteiger partial charge in [-0.1, -0.05) is 19.1 Å². The summed E-state index contributed by atoms with van der Waals surface area (Å²) in [5, 5.41) is 5.66. The highest BCUT2D eigenvalue weighted by molar-refractivity contribution is 7.80. The summed E-state index contributed by atoms with van der Waals surface area (Å²) in [7, 11) is 0. The lowest BCUT2D eigenvalue weighted by atomic mass is 10.2. The zero-order chi connectivity index (χ0) is 15.8. The van der Waals surface area contributed by atoms with Crippen LogP contribution < -0.4 is 15.4 Å². The SMILES string of the molecule is CCCOc1cccc(C(=O)NC(=S)Nc2ccccn2)c1. The third-order valence-corrected chi connectivity index (χ3v) is 2.91. The number of nitrogens with zero attached hydrogens (tertiary/aromatic N) is 1. The molecule has 1 aromatic heterocycles. The average Bonchev–Trinajstić information content (AvgIpc) is 2.54. The Morgan fingerprint density at radius 2 is 2.14 bits per heavy atom. The highest BCUT2D eigenvalue weighted by Gasteiger charge is 2.09. The molecule has 0 saturated carbocycles. The second-order valence-electron chi connectivity index (χ2n) is 4.50. The smallest absolute Gasteiger partial charge is 0.257 e. The molecule has 0 atom stereocenters. The van der Waals surface area contributed by atoms with E-state index in [-0.39, 0.29) is 11.0 Å². The van der Waals surface area contributed by atoms with Gasteiger partial charge >= 0.3 is 0 Å². The lowest BCUT2D eigenvalue weighted by Crippen LogP contribution is -2.34. The van der Waals surface area contributed by atoms with Crippen LogP contribution in [-0.4, -0.2) is 22.6 Å². The van der Waals surface area contributed by atoms with E-state index >= 15 is 0 Å². The Bertz CT molecular complexity index is 647. The van der Waals surface area contributed by atoms with Crippen molar-refractivity contribution in [1.82, 2.24) is 10.3 Å². The van der Waals surface area contributed by atoms with E-state index in [2.05, 4.69) is 15.6 Å². The Hall–Kier alpha value is -2.47. The Labute approximate surface area is 134 Å². The number of anilines is 1. The molecule has 0 bridgehead atoms. The molecule has 1 heterocycles.